The topological polar surface area (TPSA) is 0 Å². The highest BCUT2D eigenvalue weighted by molar-refractivity contribution is 6.09. The Labute approximate surface area is 86.0 Å². The van der Waals surface area contributed by atoms with Gasteiger partial charge in [0.15, 0.2) is 0 Å². The van der Waals surface area contributed by atoms with Gasteiger partial charge >= 0.3 is 0 Å². The normalized spacial score (nSPS) is 10.0. The summed E-state index contributed by atoms with van der Waals surface area (Å²) >= 11 is 0. The Hall–Kier alpha value is -1.50. The van der Waals surface area contributed by atoms with E-state index in [0.717, 1.165) is 6.32 Å². The van der Waals surface area contributed by atoms with Crippen molar-refractivity contribution in [2.45, 2.75) is 6.32 Å². The standard InChI is InChI=1S/C13H13B/c14-10-12-8-4-5-9-13(12)11-6-2-1-3-7-11/h1-9H,10,14H2. The van der Waals surface area contributed by atoms with E-state index in [9.17, 15) is 0 Å². The maximum absolute atomic E-state index is 2.20. The van der Waals surface area contributed by atoms with Crippen LogP contribution >= 0.6 is 0 Å². The Morgan fingerprint density at radius 2 is 1.43 bits per heavy atom. The molecule has 0 amide bonds. The van der Waals surface area contributed by atoms with Gasteiger partial charge in [-0.2, -0.15) is 0 Å². The van der Waals surface area contributed by atoms with Gasteiger partial charge in [0.05, 0.1) is 0 Å². The highest BCUT2D eigenvalue weighted by atomic mass is 14.0. The first-order valence-electron chi connectivity index (χ1n) is 5.05. The largest absolute Gasteiger partial charge is 0.107 e. The molecule has 2 rings (SSSR count). The second kappa shape index (κ2) is 4.14. The first-order valence-corrected chi connectivity index (χ1v) is 5.05. The molecule has 0 saturated heterocycles. The van der Waals surface area contributed by atoms with Crippen molar-refractivity contribution in [2.75, 3.05) is 0 Å². The summed E-state index contributed by atoms with van der Waals surface area (Å²) < 4.78 is 0. The third kappa shape index (κ3) is 1.72. The van der Waals surface area contributed by atoms with Crippen LogP contribution in [-0.4, -0.2) is 7.85 Å². The number of rotatable bonds is 2. The van der Waals surface area contributed by atoms with Gasteiger partial charge in [0, 0.05) is 0 Å². The molecule has 0 aliphatic carbocycles. The van der Waals surface area contributed by atoms with Crippen molar-refractivity contribution in [1.29, 1.82) is 0 Å². The lowest BCUT2D eigenvalue weighted by atomic mass is 9.90. The molecule has 2 aromatic carbocycles. The van der Waals surface area contributed by atoms with Crippen LogP contribution in [-0.2, 0) is 6.32 Å². The molecule has 0 aromatic heterocycles. The first-order chi connectivity index (χ1) is 6.92. The molecule has 0 unspecified atom stereocenters. The molecule has 0 aliphatic heterocycles. The molecule has 0 bridgehead atoms. The molecule has 0 nitrogen and oxygen atoms in total. The Kier molecular flexibility index (Phi) is 2.69. The van der Waals surface area contributed by atoms with Crippen molar-refractivity contribution in [3.05, 3.63) is 60.2 Å². The average Bonchev–Trinajstić information content (AvgIpc) is 2.30. The van der Waals surface area contributed by atoms with E-state index >= 15 is 0 Å². The van der Waals surface area contributed by atoms with Crippen molar-refractivity contribution >= 4 is 7.85 Å². The summed E-state index contributed by atoms with van der Waals surface area (Å²) in [6, 6.07) is 19.1. The van der Waals surface area contributed by atoms with Crippen LogP contribution in [0.25, 0.3) is 11.1 Å². The first kappa shape index (κ1) is 9.08. The molecule has 0 fully saturated rings. The molecule has 68 valence electrons. The van der Waals surface area contributed by atoms with Crippen LogP contribution in [0.1, 0.15) is 5.56 Å². The van der Waals surface area contributed by atoms with E-state index in [-0.39, 0.29) is 0 Å². The van der Waals surface area contributed by atoms with Crippen molar-refractivity contribution in [3.8, 4) is 11.1 Å². The minimum absolute atomic E-state index is 1.09. The van der Waals surface area contributed by atoms with Crippen molar-refractivity contribution < 1.29 is 0 Å². The molecule has 2 aromatic rings. The fourth-order valence-corrected chi connectivity index (χ4v) is 1.73. The Balaban J connectivity index is 2.51. The summed E-state index contributed by atoms with van der Waals surface area (Å²) in [6.07, 6.45) is 1.09. The summed E-state index contributed by atoms with van der Waals surface area (Å²) in [5.74, 6) is 0. The molecule has 0 saturated carbocycles. The quantitative estimate of drug-likeness (QED) is 0.622. The van der Waals surface area contributed by atoms with E-state index in [0.29, 0.717) is 0 Å². The zero-order chi connectivity index (χ0) is 9.80. The molecule has 0 heterocycles. The van der Waals surface area contributed by atoms with Crippen LogP contribution in [0.5, 0.6) is 0 Å². The Morgan fingerprint density at radius 1 is 0.786 bits per heavy atom. The van der Waals surface area contributed by atoms with Gasteiger partial charge in [-0.15, -0.1) is 0 Å². The zero-order valence-electron chi connectivity index (χ0n) is 8.40. The third-order valence-corrected chi connectivity index (χ3v) is 2.48. The van der Waals surface area contributed by atoms with Crippen LogP contribution in [0, 0.1) is 0 Å². The summed E-state index contributed by atoms with van der Waals surface area (Å²) in [5, 5.41) is 0. The summed E-state index contributed by atoms with van der Waals surface area (Å²) in [5.41, 5.74) is 4.08. The Bertz CT molecular complexity index is 407. The number of hydrogen-bond acceptors (Lipinski definition) is 0. The maximum atomic E-state index is 2.20. The van der Waals surface area contributed by atoms with Gasteiger partial charge in [-0.25, -0.2) is 0 Å². The van der Waals surface area contributed by atoms with Gasteiger partial charge < -0.3 is 0 Å². The molecule has 0 radical (unpaired) electrons. The monoisotopic (exact) mass is 180 g/mol. The Morgan fingerprint density at radius 3 is 2.14 bits per heavy atom. The second-order valence-electron chi connectivity index (χ2n) is 3.38. The number of hydrogen-bond donors (Lipinski definition) is 0. The van der Waals surface area contributed by atoms with Crippen LogP contribution in [0.2, 0.25) is 0 Å². The second-order valence-corrected chi connectivity index (χ2v) is 3.38. The minimum Gasteiger partial charge on any atom is -0.0622 e. The van der Waals surface area contributed by atoms with E-state index in [1.54, 1.807) is 0 Å². The van der Waals surface area contributed by atoms with E-state index in [2.05, 4.69) is 62.4 Å². The summed E-state index contributed by atoms with van der Waals surface area (Å²) in [7, 11) is 2.20. The van der Waals surface area contributed by atoms with Gasteiger partial charge in [-0.3, -0.25) is 0 Å². The minimum atomic E-state index is 1.09. The predicted octanol–water partition coefficient (Wildman–Crippen LogP) is 2.49. The molecule has 1 heteroatoms. The summed E-state index contributed by atoms with van der Waals surface area (Å²) in [4.78, 5) is 0. The molecule has 0 spiro atoms. The zero-order valence-corrected chi connectivity index (χ0v) is 8.40. The molecule has 0 N–H and O–H groups in total. The van der Waals surface area contributed by atoms with Crippen LogP contribution in [0.15, 0.2) is 54.6 Å². The molecule has 0 atom stereocenters. The van der Waals surface area contributed by atoms with Crippen LogP contribution < -0.4 is 0 Å². The fraction of sp³-hybridized carbons (Fsp3) is 0.0769. The molecule has 14 heavy (non-hydrogen) atoms. The van der Waals surface area contributed by atoms with Gasteiger partial charge in [0.25, 0.3) is 0 Å². The lowest BCUT2D eigenvalue weighted by molar-refractivity contribution is 1.40. The van der Waals surface area contributed by atoms with Crippen LogP contribution in [0.3, 0.4) is 0 Å². The lowest BCUT2D eigenvalue weighted by Crippen LogP contribution is -1.88. The van der Waals surface area contributed by atoms with Gasteiger partial charge in [0.2, 0.25) is 0 Å². The van der Waals surface area contributed by atoms with E-state index < -0.39 is 0 Å². The van der Waals surface area contributed by atoms with E-state index in [1.165, 1.54) is 16.7 Å². The lowest BCUT2D eigenvalue weighted by Gasteiger charge is -2.06. The van der Waals surface area contributed by atoms with Crippen LogP contribution in [0.4, 0.5) is 0 Å². The van der Waals surface area contributed by atoms with E-state index in [1.807, 2.05) is 0 Å². The highest BCUT2D eigenvalue weighted by Crippen LogP contribution is 2.22. The molecular formula is C13H13B. The van der Waals surface area contributed by atoms with Gasteiger partial charge in [0.1, 0.15) is 7.85 Å². The SMILES string of the molecule is BCc1ccccc1-c1ccccc1. The smallest absolute Gasteiger partial charge is 0.0622 e. The summed E-state index contributed by atoms with van der Waals surface area (Å²) in [6.45, 7) is 0. The third-order valence-electron chi connectivity index (χ3n) is 2.48. The fourth-order valence-electron chi connectivity index (χ4n) is 1.73. The maximum Gasteiger partial charge on any atom is 0.107 e. The van der Waals surface area contributed by atoms with Crippen molar-refractivity contribution in [1.82, 2.24) is 0 Å². The van der Waals surface area contributed by atoms with E-state index in [4.69, 9.17) is 0 Å². The molecule has 0 aliphatic rings. The van der Waals surface area contributed by atoms with Gasteiger partial charge in [-0.1, -0.05) is 60.9 Å². The van der Waals surface area contributed by atoms with Gasteiger partial charge in [-0.05, 0) is 16.7 Å². The molecular weight excluding hydrogens is 167 g/mol. The number of benzene rings is 2. The highest BCUT2D eigenvalue weighted by Gasteiger charge is 2.00. The average molecular weight is 180 g/mol. The predicted molar refractivity (Wildman–Crippen MR) is 64.1 cm³/mol. The van der Waals surface area contributed by atoms with Crippen molar-refractivity contribution in [2.24, 2.45) is 0 Å². The van der Waals surface area contributed by atoms with Crippen molar-refractivity contribution in [3.63, 3.8) is 0 Å².